The average Bonchev–Trinajstić information content (AvgIpc) is 2.74. The van der Waals surface area contributed by atoms with Crippen molar-refractivity contribution >= 4 is 35.0 Å². The molecule has 0 saturated carbocycles. The van der Waals surface area contributed by atoms with E-state index in [-0.39, 0.29) is 18.4 Å². The first-order valence-electron chi connectivity index (χ1n) is 9.29. The van der Waals surface area contributed by atoms with Gasteiger partial charge in [-0.25, -0.2) is 0 Å². The summed E-state index contributed by atoms with van der Waals surface area (Å²) in [6, 6.07) is 13.7. The molecule has 2 aromatic rings. The van der Waals surface area contributed by atoms with E-state index in [4.69, 9.17) is 32.7 Å². The second kappa shape index (κ2) is 9.85. The van der Waals surface area contributed by atoms with Gasteiger partial charge in [-0.15, -0.1) is 0 Å². The van der Waals surface area contributed by atoms with Crippen molar-refractivity contribution in [2.24, 2.45) is 0 Å². The van der Waals surface area contributed by atoms with Crippen LogP contribution < -0.4 is 9.47 Å². The molecule has 3 rings (SSSR count). The third-order valence-corrected chi connectivity index (χ3v) is 5.10. The van der Waals surface area contributed by atoms with Gasteiger partial charge in [-0.2, -0.15) is 0 Å². The highest BCUT2D eigenvalue weighted by Gasteiger charge is 2.28. The lowest BCUT2D eigenvalue weighted by atomic mass is 10.2. The molecule has 0 aliphatic carbocycles. The van der Waals surface area contributed by atoms with Gasteiger partial charge in [0.15, 0.2) is 12.7 Å². The predicted molar refractivity (Wildman–Crippen MR) is 112 cm³/mol. The minimum Gasteiger partial charge on any atom is -0.484 e. The molecule has 0 radical (unpaired) electrons. The molecule has 1 unspecified atom stereocenters. The maximum absolute atomic E-state index is 12.6. The molecule has 0 spiro atoms. The summed E-state index contributed by atoms with van der Waals surface area (Å²) in [6.45, 7) is 3.50. The van der Waals surface area contributed by atoms with Gasteiger partial charge in [0, 0.05) is 36.2 Å². The molecule has 6 nitrogen and oxygen atoms in total. The van der Waals surface area contributed by atoms with Crippen LogP contribution in [0.1, 0.15) is 6.92 Å². The van der Waals surface area contributed by atoms with Gasteiger partial charge >= 0.3 is 0 Å². The number of halogens is 2. The van der Waals surface area contributed by atoms with Gasteiger partial charge in [0.2, 0.25) is 0 Å². The van der Waals surface area contributed by atoms with Crippen LogP contribution in [0.2, 0.25) is 10.0 Å². The molecule has 154 valence electrons. The monoisotopic (exact) mass is 436 g/mol. The maximum atomic E-state index is 12.6. The van der Waals surface area contributed by atoms with Gasteiger partial charge in [0.1, 0.15) is 11.5 Å². The van der Waals surface area contributed by atoms with Crippen molar-refractivity contribution in [3.63, 3.8) is 0 Å². The number of hydrogen-bond donors (Lipinski definition) is 0. The van der Waals surface area contributed by atoms with Crippen molar-refractivity contribution in [3.05, 3.63) is 58.6 Å². The summed E-state index contributed by atoms with van der Waals surface area (Å²) < 4.78 is 11.2. The minimum atomic E-state index is -0.619. The normalized spacial score (nSPS) is 15.0. The number of nitrogens with zero attached hydrogens (tertiary/aromatic N) is 2. The second-order valence-corrected chi connectivity index (χ2v) is 7.54. The van der Waals surface area contributed by atoms with Gasteiger partial charge in [0.25, 0.3) is 11.8 Å². The lowest BCUT2D eigenvalue weighted by Gasteiger charge is -2.35. The largest absolute Gasteiger partial charge is 0.484 e. The summed E-state index contributed by atoms with van der Waals surface area (Å²) in [4.78, 5) is 28.4. The number of amides is 2. The summed E-state index contributed by atoms with van der Waals surface area (Å²) in [5.74, 6) is 0.954. The predicted octanol–water partition coefficient (Wildman–Crippen LogP) is 3.51. The molecule has 0 bridgehead atoms. The maximum Gasteiger partial charge on any atom is 0.263 e. The zero-order valence-electron chi connectivity index (χ0n) is 16.0. The third-order valence-electron chi connectivity index (χ3n) is 4.59. The van der Waals surface area contributed by atoms with Crippen LogP contribution in [0, 0.1) is 0 Å². The van der Waals surface area contributed by atoms with Gasteiger partial charge in [-0.3, -0.25) is 9.59 Å². The fraction of sp³-hybridized carbons (Fsp3) is 0.333. The quantitative estimate of drug-likeness (QED) is 0.694. The summed E-state index contributed by atoms with van der Waals surface area (Å²) in [7, 11) is 0. The van der Waals surface area contributed by atoms with Crippen LogP contribution in [0.4, 0.5) is 0 Å². The van der Waals surface area contributed by atoms with Crippen LogP contribution in [-0.4, -0.2) is 60.5 Å². The Morgan fingerprint density at radius 1 is 0.862 bits per heavy atom. The summed E-state index contributed by atoms with van der Waals surface area (Å²) in [5.41, 5.74) is 0. The van der Waals surface area contributed by atoms with Crippen LogP contribution in [0.15, 0.2) is 48.5 Å². The van der Waals surface area contributed by atoms with E-state index in [1.807, 2.05) is 0 Å². The molecule has 1 aliphatic heterocycles. The highest BCUT2D eigenvalue weighted by atomic mass is 35.5. The number of ether oxygens (including phenoxy) is 2. The van der Waals surface area contributed by atoms with Crippen LogP contribution in [0.5, 0.6) is 11.5 Å². The molecule has 1 fully saturated rings. The van der Waals surface area contributed by atoms with Crippen LogP contribution in [-0.2, 0) is 9.59 Å². The number of benzene rings is 2. The van der Waals surface area contributed by atoms with Crippen molar-refractivity contribution < 1.29 is 19.1 Å². The number of hydrogen-bond acceptors (Lipinski definition) is 4. The Balaban J connectivity index is 1.43. The topological polar surface area (TPSA) is 59.1 Å². The molecule has 8 heteroatoms. The van der Waals surface area contributed by atoms with E-state index in [0.717, 1.165) is 0 Å². The molecule has 1 aliphatic rings. The minimum absolute atomic E-state index is 0.0499. The molecule has 0 aromatic heterocycles. The molecule has 1 saturated heterocycles. The van der Waals surface area contributed by atoms with Gasteiger partial charge < -0.3 is 19.3 Å². The van der Waals surface area contributed by atoms with Gasteiger partial charge in [-0.1, -0.05) is 23.2 Å². The van der Waals surface area contributed by atoms with Crippen LogP contribution in [0.3, 0.4) is 0 Å². The zero-order valence-corrected chi connectivity index (χ0v) is 17.5. The lowest BCUT2D eigenvalue weighted by Crippen LogP contribution is -2.54. The van der Waals surface area contributed by atoms with Gasteiger partial charge in [-0.05, 0) is 55.5 Å². The zero-order chi connectivity index (χ0) is 20.8. The molecule has 1 atom stereocenters. The first-order chi connectivity index (χ1) is 13.9. The number of carbonyl (C=O) groups is 2. The van der Waals surface area contributed by atoms with E-state index in [9.17, 15) is 9.59 Å². The fourth-order valence-electron chi connectivity index (χ4n) is 2.97. The van der Waals surface area contributed by atoms with Gasteiger partial charge in [0.05, 0.1) is 0 Å². The Bertz CT molecular complexity index is 835. The van der Waals surface area contributed by atoms with Crippen molar-refractivity contribution in [1.29, 1.82) is 0 Å². The highest BCUT2D eigenvalue weighted by molar-refractivity contribution is 6.30. The molecule has 1 heterocycles. The lowest BCUT2D eigenvalue weighted by molar-refractivity contribution is -0.144. The first-order valence-corrected chi connectivity index (χ1v) is 10.0. The van der Waals surface area contributed by atoms with Crippen molar-refractivity contribution in [3.8, 4) is 11.5 Å². The van der Waals surface area contributed by atoms with E-state index < -0.39 is 6.10 Å². The van der Waals surface area contributed by atoms with Crippen molar-refractivity contribution in [2.75, 3.05) is 32.8 Å². The summed E-state index contributed by atoms with van der Waals surface area (Å²) in [6.07, 6.45) is -0.619. The van der Waals surface area contributed by atoms with E-state index in [0.29, 0.717) is 47.7 Å². The Hall–Kier alpha value is -2.44. The SMILES string of the molecule is CC(Oc1ccc(Cl)cc1)C(=O)N1CCN(C(=O)COc2ccc(Cl)cc2)CC1. The van der Waals surface area contributed by atoms with E-state index >= 15 is 0 Å². The Morgan fingerprint density at radius 2 is 1.34 bits per heavy atom. The van der Waals surface area contributed by atoms with Crippen molar-refractivity contribution in [2.45, 2.75) is 13.0 Å². The third kappa shape index (κ3) is 6.02. The first kappa shape index (κ1) is 21.3. The summed E-state index contributed by atoms with van der Waals surface area (Å²) in [5, 5.41) is 1.22. The van der Waals surface area contributed by atoms with E-state index in [1.54, 1.807) is 65.3 Å². The highest BCUT2D eigenvalue weighted by Crippen LogP contribution is 2.18. The standard InChI is InChI=1S/C21H22Cl2N2O4/c1-15(29-19-8-4-17(23)5-9-19)21(27)25-12-10-24(11-13-25)20(26)14-28-18-6-2-16(22)3-7-18/h2-9,15H,10-14H2,1H3. The Kier molecular flexibility index (Phi) is 7.23. The van der Waals surface area contributed by atoms with Crippen LogP contribution in [0.25, 0.3) is 0 Å². The number of rotatable bonds is 6. The molecule has 2 amide bonds. The second-order valence-electron chi connectivity index (χ2n) is 6.66. The smallest absolute Gasteiger partial charge is 0.263 e. The van der Waals surface area contributed by atoms with Crippen molar-refractivity contribution in [1.82, 2.24) is 9.80 Å². The number of carbonyl (C=O) groups excluding carboxylic acids is 2. The fourth-order valence-corrected chi connectivity index (χ4v) is 3.22. The Labute approximate surface area is 179 Å². The molecule has 0 N–H and O–H groups in total. The molecular formula is C21H22Cl2N2O4. The Morgan fingerprint density at radius 3 is 1.90 bits per heavy atom. The number of piperazine rings is 1. The van der Waals surface area contributed by atoms with E-state index in [2.05, 4.69) is 0 Å². The molecular weight excluding hydrogens is 415 g/mol. The van der Waals surface area contributed by atoms with E-state index in [1.165, 1.54) is 0 Å². The average molecular weight is 437 g/mol. The van der Waals surface area contributed by atoms with Crippen LogP contribution >= 0.6 is 23.2 Å². The molecule has 29 heavy (non-hydrogen) atoms. The summed E-state index contributed by atoms with van der Waals surface area (Å²) >= 11 is 11.7. The molecule has 2 aromatic carbocycles.